The average Bonchev–Trinajstić information content (AvgIpc) is 2.69. The van der Waals surface area contributed by atoms with Crippen molar-refractivity contribution in [3.8, 4) is 0 Å². The molecule has 1 aliphatic rings. The van der Waals surface area contributed by atoms with Gasteiger partial charge in [0.2, 0.25) is 0 Å². The number of aliphatic hydroxyl groups is 1. The summed E-state index contributed by atoms with van der Waals surface area (Å²) in [6.07, 6.45) is -0.261. The van der Waals surface area contributed by atoms with Crippen LogP contribution >= 0.6 is 0 Å². The minimum Gasteiger partial charge on any atom is -0.385 e. The predicted molar refractivity (Wildman–Crippen MR) is 101 cm³/mol. The number of anilines is 1. The number of urea groups is 1. The maximum absolute atomic E-state index is 12.3. The van der Waals surface area contributed by atoms with Crippen LogP contribution in [0.2, 0.25) is 0 Å². The van der Waals surface area contributed by atoms with Crippen LogP contribution in [0.1, 0.15) is 34.1 Å². The number of hydrogen-bond donors (Lipinski definition) is 3. The van der Waals surface area contributed by atoms with E-state index in [1.54, 1.807) is 49.6 Å². The summed E-state index contributed by atoms with van der Waals surface area (Å²) in [5.74, 6) is -0.151. The van der Waals surface area contributed by atoms with Crippen molar-refractivity contribution in [2.24, 2.45) is 0 Å². The Morgan fingerprint density at radius 2 is 1.96 bits per heavy atom. The van der Waals surface area contributed by atoms with Crippen molar-refractivity contribution in [2.45, 2.75) is 19.2 Å². The molecule has 1 aliphatic heterocycles. The molecule has 3 N–H and O–H groups in total. The Morgan fingerprint density at radius 3 is 2.70 bits per heavy atom. The minimum absolute atomic E-state index is 0.151. The lowest BCUT2D eigenvalue weighted by Crippen LogP contribution is -2.41. The lowest BCUT2D eigenvalue weighted by Gasteiger charge is -2.34. The van der Waals surface area contributed by atoms with E-state index in [9.17, 15) is 14.7 Å². The van der Waals surface area contributed by atoms with Crippen molar-refractivity contribution < 1.29 is 19.4 Å². The number of para-hydroxylation sites is 1. The van der Waals surface area contributed by atoms with Gasteiger partial charge >= 0.3 is 6.03 Å². The summed E-state index contributed by atoms with van der Waals surface area (Å²) in [6, 6.07) is 13.8. The molecule has 3 amide bonds. The molecule has 27 heavy (non-hydrogen) atoms. The minimum atomic E-state index is -1.02. The number of ether oxygens (including phenoxy) is 1. The number of fused-ring (bicyclic) bond motifs is 1. The van der Waals surface area contributed by atoms with Crippen LogP contribution < -0.4 is 10.6 Å². The lowest BCUT2D eigenvalue weighted by molar-refractivity contribution is 0.0262. The number of aliphatic hydroxyl groups excluding tert-OH is 1. The maximum Gasteiger partial charge on any atom is 0.324 e. The first-order valence-corrected chi connectivity index (χ1v) is 8.81. The molecule has 7 nitrogen and oxygen atoms in total. The third-order valence-corrected chi connectivity index (χ3v) is 4.42. The monoisotopic (exact) mass is 369 g/mol. The van der Waals surface area contributed by atoms with Gasteiger partial charge in [-0.3, -0.25) is 9.69 Å². The topological polar surface area (TPSA) is 90.9 Å². The fourth-order valence-electron chi connectivity index (χ4n) is 2.94. The van der Waals surface area contributed by atoms with Crippen LogP contribution in [0, 0.1) is 0 Å². The summed E-state index contributed by atoms with van der Waals surface area (Å²) < 4.78 is 4.95. The van der Waals surface area contributed by atoms with E-state index in [0.29, 0.717) is 30.0 Å². The van der Waals surface area contributed by atoms with Crippen LogP contribution in [0.3, 0.4) is 0 Å². The lowest BCUT2D eigenvalue weighted by atomic mass is 10.1. The van der Waals surface area contributed by atoms with Gasteiger partial charge in [0.15, 0.2) is 6.23 Å². The standard InChI is InChI=1S/C20H23N3O4/c1-27-12-4-11-21-18(24)15-9-7-14(8-10-15)13-23-19(25)16-5-2-3-6-17(16)22-20(23)26/h2-3,5-10,19,25H,4,11-13H2,1H3,(H,21,24)(H,22,26). The van der Waals surface area contributed by atoms with Crippen molar-refractivity contribution in [3.05, 3.63) is 65.2 Å². The van der Waals surface area contributed by atoms with Gasteiger partial charge in [0.25, 0.3) is 5.91 Å². The van der Waals surface area contributed by atoms with Crippen molar-refractivity contribution in [3.63, 3.8) is 0 Å². The van der Waals surface area contributed by atoms with Crippen LogP contribution in [0.5, 0.6) is 0 Å². The van der Waals surface area contributed by atoms with E-state index in [4.69, 9.17) is 4.74 Å². The molecule has 2 aromatic carbocycles. The van der Waals surface area contributed by atoms with Crippen LogP contribution in [0.25, 0.3) is 0 Å². The van der Waals surface area contributed by atoms with E-state index in [1.165, 1.54) is 4.90 Å². The zero-order chi connectivity index (χ0) is 19.2. The first kappa shape index (κ1) is 18.9. The summed E-state index contributed by atoms with van der Waals surface area (Å²) in [5, 5.41) is 16.1. The molecule has 7 heteroatoms. The molecule has 2 aromatic rings. The summed E-state index contributed by atoms with van der Waals surface area (Å²) in [7, 11) is 1.62. The zero-order valence-corrected chi connectivity index (χ0v) is 15.1. The number of methoxy groups -OCH3 is 1. The van der Waals surface area contributed by atoms with E-state index >= 15 is 0 Å². The van der Waals surface area contributed by atoms with E-state index in [0.717, 1.165) is 12.0 Å². The molecule has 0 fully saturated rings. The number of amides is 3. The fourth-order valence-corrected chi connectivity index (χ4v) is 2.94. The van der Waals surface area contributed by atoms with Crippen LogP contribution in [-0.2, 0) is 11.3 Å². The van der Waals surface area contributed by atoms with Crippen LogP contribution in [0.15, 0.2) is 48.5 Å². The Labute approximate surface area is 157 Å². The molecule has 0 saturated heterocycles. The number of nitrogens with zero attached hydrogens (tertiary/aromatic N) is 1. The fraction of sp³-hybridized carbons (Fsp3) is 0.300. The highest BCUT2D eigenvalue weighted by Gasteiger charge is 2.30. The smallest absolute Gasteiger partial charge is 0.324 e. The molecule has 1 unspecified atom stereocenters. The first-order chi connectivity index (χ1) is 13.1. The molecule has 0 spiro atoms. The normalized spacial score (nSPS) is 15.9. The van der Waals surface area contributed by atoms with Crippen LogP contribution in [0.4, 0.5) is 10.5 Å². The summed E-state index contributed by atoms with van der Waals surface area (Å²) in [4.78, 5) is 25.7. The molecule has 1 heterocycles. The third kappa shape index (κ3) is 4.45. The molecular weight excluding hydrogens is 346 g/mol. The number of nitrogens with one attached hydrogen (secondary N) is 2. The summed E-state index contributed by atoms with van der Waals surface area (Å²) >= 11 is 0. The Hall–Kier alpha value is -2.90. The van der Waals surface area contributed by atoms with Gasteiger partial charge in [-0.2, -0.15) is 0 Å². The quantitative estimate of drug-likeness (QED) is 0.654. The molecule has 0 saturated carbocycles. The van der Waals surface area contributed by atoms with Crippen molar-refractivity contribution >= 4 is 17.6 Å². The van der Waals surface area contributed by atoms with E-state index in [2.05, 4.69) is 10.6 Å². The van der Waals surface area contributed by atoms with E-state index in [1.807, 2.05) is 6.07 Å². The second kappa shape index (κ2) is 8.66. The predicted octanol–water partition coefficient (Wildman–Crippen LogP) is 2.49. The van der Waals surface area contributed by atoms with E-state index < -0.39 is 6.23 Å². The molecule has 3 rings (SSSR count). The van der Waals surface area contributed by atoms with Crippen molar-refractivity contribution in [1.29, 1.82) is 0 Å². The van der Waals surface area contributed by atoms with Gasteiger partial charge in [-0.25, -0.2) is 4.79 Å². The highest BCUT2D eigenvalue weighted by molar-refractivity contribution is 5.94. The SMILES string of the molecule is COCCCNC(=O)c1ccc(CN2C(=O)Nc3ccccc3C2O)cc1. The number of hydrogen-bond acceptors (Lipinski definition) is 4. The molecule has 142 valence electrons. The average molecular weight is 369 g/mol. The molecule has 0 aromatic heterocycles. The number of benzene rings is 2. The largest absolute Gasteiger partial charge is 0.385 e. The van der Waals surface area contributed by atoms with Gasteiger partial charge in [0.05, 0.1) is 12.2 Å². The highest BCUT2D eigenvalue weighted by atomic mass is 16.5. The zero-order valence-electron chi connectivity index (χ0n) is 15.1. The molecule has 0 bridgehead atoms. The molecule has 0 radical (unpaired) electrons. The Balaban J connectivity index is 1.63. The van der Waals surface area contributed by atoms with Gasteiger partial charge < -0.3 is 20.5 Å². The van der Waals surface area contributed by atoms with Gasteiger partial charge in [-0.1, -0.05) is 30.3 Å². The number of carbonyl (C=O) groups is 2. The van der Waals surface area contributed by atoms with Gasteiger partial charge in [0, 0.05) is 31.4 Å². The molecule has 0 aliphatic carbocycles. The Morgan fingerprint density at radius 1 is 1.22 bits per heavy atom. The number of rotatable bonds is 7. The summed E-state index contributed by atoms with van der Waals surface area (Å²) in [6.45, 7) is 1.38. The van der Waals surface area contributed by atoms with E-state index in [-0.39, 0.29) is 18.5 Å². The second-order valence-corrected chi connectivity index (χ2v) is 6.32. The van der Waals surface area contributed by atoms with Crippen LogP contribution in [-0.4, -0.2) is 42.2 Å². The number of carbonyl (C=O) groups excluding carboxylic acids is 2. The van der Waals surface area contributed by atoms with Gasteiger partial charge in [-0.05, 0) is 30.2 Å². The second-order valence-electron chi connectivity index (χ2n) is 6.32. The maximum atomic E-state index is 12.3. The Kier molecular flexibility index (Phi) is 6.05. The van der Waals surface area contributed by atoms with Gasteiger partial charge in [-0.15, -0.1) is 0 Å². The highest BCUT2D eigenvalue weighted by Crippen LogP contribution is 2.31. The summed E-state index contributed by atoms with van der Waals surface area (Å²) in [5.41, 5.74) is 2.64. The van der Waals surface area contributed by atoms with Crippen molar-refractivity contribution in [1.82, 2.24) is 10.2 Å². The Bertz CT molecular complexity index is 807. The van der Waals surface area contributed by atoms with Crippen molar-refractivity contribution in [2.75, 3.05) is 25.6 Å². The first-order valence-electron chi connectivity index (χ1n) is 8.81. The molecular formula is C20H23N3O4. The van der Waals surface area contributed by atoms with Gasteiger partial charge in [0.1, 0.15) is 0 Å². The molecule has 1 atom stereocenters. The third-order valence-electron chi connectivity index (χ3n) is 4.42.